The lowest BCUT2D eigenvalue weighted by Gasteiger charge is -2.57. The monoisotopic (exact) mass is 407 g/mol. The normalized spacial score (nSPS) is 28.2. The summed E-state index contributed by atoms with van der Waals surface area (Å²) in [5.74, 6) is 3.28. The number of benzene rings is 1. The average Bonchev–Trinajstić information content (AvgIpc) is 2.77. The molecule has 2 N–H and O–H groups in total. The largest absolute Gasteiger partial charge is 0.497 e. The second-order valence-electron chi connectivity index (χ2n) is 8.82. The van der Waals surface area contributed by atoms with E-state index >= 15 is 0 Å². The van der Waals surface area contributed by atoms with E-state index < -0.39 is 0 Å². The third kappa shape index (κ3) is 3.46. The lowest BCUT2D eigenvalue weighted by atomic mass is 9.70. The Morgan fingerprint density at radius 2 is 2.10 bits per heavy atom. The van der Waals surface area contributed by atoms with Crippen LogP contribution in [0.15, 0.2) is 36.5 Å². The summed E-state index contributed by atoms with van der Waals surface area (Å²) < 4.78 is 5.42. The molecule has 7 heteroatoms. The van der Waals surface area contributed by atoms with Gasteiger partial charge < -0.3 is 20.3 Å². The van der Waals surface area contributed by atoms with E-state index in [1.807, 2.05) is 18.2 Å². The smallest absolute Gasteiger partial charge is 0.223 e. The number of nitrogen functional groups attached to an aromatic ring is 1. The number of nitrogens with two attached hydrogens (primary N) is 1. The van der Waals surface area contributed by atoms with Gasteiger partial charge in [-0.15, -0.1) is 0 Å². The van der Waals surface area contributed by atoms with Crippen molar-refractivity contribution in [3.05, 3.63) is 42.1 Å². The van der Waals surface area contributed by atoms with Gasteiger partial charge in [0.1, 0.15) is 11.6 Å². The van der Waals surface area contributed by atoms with E-state index in [9.17, 15) is 4.79 Å². The van der Waals surface area contributed by atoms with Gasteiger partial charge in [0.25, 0.3) is 0 Å². The van der Waals surface area contributed by atoms with Gasteiger partial charge in [0.2, 0.25) is 11.9 Å². The van der Waals surface area contributed by atoms with Gasteiger partial charge in [-0.1, -0.05) is 12.1 Å². The van der Waals surface area contributed by atoms with E-state index in [1.165, 1.54) is 12.0 Å². The summed E-state index contributed by atoms with van der Waals surface area (Å²) in [6.07, 6.45) is 6.52. The number of amides is 1. The first-order chi connectivity index (χ1) is 14.6. The summed E-state index contributed by atoms with van der Waals surface area (Å²) in [6.45, 7) is 1.81. The fourth-order valence-corrected chi connectivity index (χ4v) is 5.81. The number of ether oxygens (including phenoxy) is 1. The highest BCUT2D eigenvalue weighted by atomic mass is 16.5. The van der Waals surface area contributed by atoms with Crippen molar-refractivity contribution in [1.82, 2.24) is 14.9 Å². The van der Waals surface area contributed by atoms with Crippen LogP contribution < -0.4 is 15.4 Å². The van der Waals surface area contributed by atoms with Crippen LogP contribution >= 0.6 is 0 Å². The van der Waals surface area contributed by atoms with Crippen molar-refractivity contribution >= 4 is 17.7 Å². The lowest BCUT2D eigenvalue weighted by molar-refractivity contribution is -0.148. The molecule has 1 aromatic carbocycles. The SMILES string of the molecule is COc1cccc(C[C@H]2[C@H]3C[C@H](CN(c4ccnc(N)n4)C3)[C@@H]3CCCC(=O)N32)c1. The molecule has 0 saturated carbocycles. The van der Waals surface area contributed by atoms with Crippen molar-refractivity contribution in [3.63, 3.8) is 0 Å². The first-order valence-electron chi connectivity index (χ1n) is 10.9. The first kappa shape index (κ1) is 19.2. The minimum atomic E-state index is 0.202. The summed E-state index contributed by atoms with van der Waals surface area (Å²) in [6, 6.07) is 10.7. The number of carbonyl (C=O) groups excluding carboxylic acids is 1. The summed E-state index contributed by atoms with van der Waals surface area (Å²) in [4.78, 5) is 26.2. The molecule has 3 fully saturated rings. The number of methoxy groups -OCH3 is 1. The third-order valence-corrected chi connectivity index (χ3v) is 7.06. The number of aromatic nitrogens is 2. The molecule has 158 valence electrons. The number of anilines is 2. The minimum absolute atomic E-state index is 0.202. The fraction of sp³-hybridized carbons (Fsp3) is 0.522. The summed E-state index contributed by atoms with van der Waals surface area (Å²) in [5.41, 5.74) is 7.07. The van der Waals surface area contributed by atoms with Gasteiger partial charge in [-0.3, -0.25) is 4.79 Å². The maximum Gasteiger partial charge on any atom is 0.223 e. The predicted octanol–water partition coefficient (Wildman–Crippen LogP) is 2.52. The quantitative estimate of drug-likeness (QED) is 0.838. The van der Waals surface area contributed by atoms with E-state index in [4.69, 9.17) is 10.5 Å². The van der Waals surface area contributed by atoms with Gasteiger partial charge in [0, 0.05) is 37.8 Å². The van der Waals surface area contributed by atoms with Gasteiger partial charge in [0.05, 0.1) is 7.11 Å². The Labute approximate surface area is 177 Å². The molecule has 0 aliphatic carbocycles. The Morgan fingerprint density at radius 3 is 2.93 bits per heavy atom. The molecule has 1 aromatic heterocycles. The van der Waals surface area contributed by atoms with Crippen molar-refractivity contribution in [3.8, 4) is 5.75 Å². The van der Waals surface area contributed by atoms with Gasteiger partial charge in [-0.2, -0.15) is 4.98 Å². The molecule has 3 saturated heterocycles. The van der Waals surface area contributed by atoms with Crippen LogP contribution in [0, 0.1) is 11.8 Å². The van der Waals surface area contributed by atoms with Crippen molar-refractivity contribution in [1.29, 1.82) is 0 Å². The zero-order chi connectivity index (χ0) is 20.7. The molecule has 3 aliphatic rings. The first-order valence-corrected chi connectivity index (χ1v) is 10.9. The molecule has 1 amide bonds. The molecule has 2 bridgehead atoms. The van der Waals surface area contributed by atoms with Gasteiger partial charge in [0.15, 0.2) is 0 Å². The van der Waals surface area contributed by atoms with Crippen LogP contribution in [-0.4, -0.2) is 53.1 Å². The van der Waals surface area contributed by atoms with Crippen molar-refractivity contribution in [2.24, 2.45) is 11.8 Å². The van der Waals surface area contributed by atoms with Crippen LogP contribution in [0.1, 0.15) is 31.2 Å². The fourth-order valence-electron chi connectivity index (χ4n) is 5.81. The Balaban J connectivity index is 1.46. The summed E-state index contributed by atoms with van der Waals surface area (Å²) in [7, 11) is 1.70. The van der Waals surface area contributed by atoms with Crippen LogP contribution in [0.4, 0.5) is 11.8 Å². The Hall–Kier alpha value is -2.83. The zero-order valence-corrected chi connectivity index (χ0v) is 17.4. The second-order valence-corrected chi connectivity index (χ2v) is 8.82. The highest BCUT2D eigenvalue weighted by Crippen LogP contribution is 2.43. The molecular weight excluding hydrogens is 378 g/mol. The predicted molar refractivity (Wildman–Crippen MR) is 115 cm³/mol. The highest BCUT2D eigenvalue weighted by Gasteiger charge is 2.49. The maximum absolute atomic E-state index is 13.0. The third-order valence-electron chi connectivity index (χ3n) is 7.06. The molecule has 2 aromatic rings. The summed E-state index contributed by atoms with van der Waals surface area (Å²) >= 11 is 0. The standard InChI is InChI=1S/C23H29N5O2/c1-30-18-5-2-4-15(10-18)11-20-17-12-16(19-6-3-7-22(29)28(19)20)13-27(14-17)21-8-9-25-23(24)26-21/h2,4-5,8-10,16-17,19-20H,3,6-7,11-14H2,1H3,(H2,24,25,26)/t16-,17+,19+,20+/m1/s1. The van der Waals surface area contributed by atoms with Gasteiger partial charge in [-0.25, -0.2) is 4.98 Å². The number of fused-ring (bicyclic) bond motifs is 4. The molecule has 3 aliphatic heterocycles. The van der Waals surface area contributed by atoms with Crippen molar-refractivity contribution in [2.75, 3.05) is 30.8 Å². The topological polar surface area (TPSA) is 84.6 Å². The van der Waals surface area contributed by atoms with Gasteiger partial charge in [-0.05, 0) is 61.3 Å². The molecule has 0 radical (unpaired) electrons. The van der Waals surface area contributed by atoms with Gasteiger partial charge >= 0.3 is 0 Å². The van der Waals surface area contributed by atoms with E-state index in [2.05, 4.69) is 31.9 Å². The van der Waals surface area contributed by atoms with Crippen molar-refractivity contribution in [2.45, 2.75) is 44.2 Å². The molecule has 4 atom stereocenters. The number of hydrogen-bond donors (Lipinski definition) is 1. The van der Waals surface area contributed by atoms with E-state index in [-0.39, 0.29) is 6.04 Å². The number of nitrogens with zero attached hydrogens (tertiary/aromatic N) is 4. The Morgan fingerprint density at radius 1 is 1.23 bits per heavy atom. The van der Waals surface area contributed by atoms with E-state index in [0.29, 0.717) is 36.2 Å². The Kier molecular flexibility index (Phi) is 4.97. The minimum Gasteiger partial charge on any atom is -0.497 e. The van der Waals surface area contributed by atoms with Crippen LogP contribution in [-0.2, 0) is 11.2 Å². The van der Waals surface area contributed by atoms with Crippen LogP contribution in [0.25, 0.3) is 0 Å². The summed E-state index contributed by atoms with van der Waals surface area (Å²) in [5, 5.41) is 0. The maximum atomic E-state index is 13.0. The Bertz CT molecular complexity index is 935. The second kappa shape index (κ2) is 7.78. The number of piperidine rings is 3. The molecule has 0 spiro atoms. The number of hydrogen-bond acceptors (Lipinski definition) is 6. The zero-order valence-electron chi connectivity index (χ0n) is 17.4. The average molecular weight is 408 g/mol. The van der Waals surface area contributed by atoms with E-state index in [0.717, 1.165) is 43.9 Å². The number of carbonyl (C=O) groups is 1. The molecule has 4 heterocycles. The van der Waals surface area contributed by atoms with Crippen LogP contribution in [0.5, 0.6) is 5.75 Å². The molecule has 0 unspecified atom stereocenters. The van der Waals surface area contributed by atoms with E-state index in [1.54, 1.807) is 13.3 Å². The van der Waals surface area contributed by atoms with Crippen LogP contribution in [0.2, 0.25) is 0 Å². The molecular formula is C23H29N5O2. The lowest BCUT2D eigenvalue weighted by Crippen LogP contribution is -2.65. The van der Waals surface area contributed by atoms with Crippen molar-refractivity contribution < 1.29 is 9.53 Å². The molecule has 7 nitrogen and oxygen atoms in total. The van der Waals surface area contributed by atoms with Crippen LogP contribution in [0.3, 0.4) is 0 Å². The number of rotatable bonds is 4. The highest BCUT2D eigenvalue weighted by molar-refractivity contribution is 5.78. The molecule has 30 heavy (non-hydrogen) atoms. The molecule has 5 rings (SSSR count).